The Morgan fingerprint density at radius 3 is 2.78 bits per heavy atom. The molecule has 1 N–H and O–H groups in total. The Bertz CT molecular complexity index is 861. The van der Waals surface area contributed by atoms with E-state index in [4.69, 9.17) is 4.74 Å². The molecular weight excluding hydrogens is 296 g/mol. The molecular formula is C16H10N4O3. The molecule has 2 aliphatic heterocycles. The first-order valence-electron chi connectivity index (χ1n) is 6.91. The SMILES string of the molecule is N#CC1C(=O)N(c2ccccc2)NC12OC(=O)c1ccncc12. The summed E-state index contributed by atoms with van der Waals surface area (Å²) in [7, 11) is 0. The molecule has 0 saturated carbocycles. The zero-order chi connectivity index (χ0) is 16.0. The Balaban J connectivity index is 1.86. The quantitative estimate of drug-likeness (QED) is 0.793. The fourth-order valence-corrected chi connectivity index (χ4v) is 2.93. The number of pyridine rings is 1. The molecule has 112 valence electrons. The highest BCUT2D eigenvalue weighted by Crippen LogP contribution is 2.44. The Labute approximate surface area is 131 Å². The maximum atomic E-state index is 12.6. The summed E-state index contributed by atoms with van der Waals surface area (Å²) in [5.74, 6) is -2.27. The lowest BCUT2D eigenvalue weighted by Gasteiger charge is -2.25. The summed E-state index contributed by atoms with van der Waals surface area (Å²) in [4.78, 5) is 28.7. The first kappa shape index (κ1) is 13.4. The Hall–Kier alpha value is -3.24. The van der Waals surface area contributed by atoms with Gasteiger partial charge in [0.05, 0.1) is 17.3 Å². The van der Waals surface area contributed by atoms with Crippen LogP contribution < -0.4 is 10.4 Å². The number of nitrogens with one attached hydrogen (secondary N) is 1. The van der Waals surface area contributed by atoms with Crippen molar-refractivity contribution >= 4 is 17.6 Å². The number of carbonyl (C=O) groups is 2. The molecule has 3 heterocycles. The second kappa shape index (κ2) is 4.63. The lowest BCUT2D eigenvalue weighted by Crippen LogP contribution is -2.46. The Kier molecular flexibility index (Phi) is 2.70. The summed E-state index contributed by atoms with van der Waals surface area (Å²) in [5, 5.41) is 10.7. The van der Waals surface area contributed by atoms with Crippen molar-refractivity contribution in [3.8, 4) is 6.07 Å². The van der Waals surface area contributed by atoms with Crippen molar-refractivity contribution < 1.29 is 14.3 Å². The van der Waals surface area contributed by atoms with E-state index in [2.05, 4.69) is 10.4 Å². The van der Waals surface area contributed by atoms with Crippen LogP contribution in [0.15, 0.2) is 48.8 Å². The second-order valence-corrected chi connectivity index (χ2v) is 5.23. The highest BCUT2D eigenvalue weighted by Gasteiger charge is 2.62. The summed E-state index contributed by atoms with van der Waals surface area (Å²) in [6.45, 7) is 0. The summed E-state index contributed by atoms with van der Waals surface area (Å²) < 4.78 is 5.43. The number of hydrogen-bond acceptors (Lipinski definition) is 6. The van der Waals surface area contributed by atoms with E-state index in [1.165, 1.54) is 23.5 Å². The largest absolute Gasteiger partial charge is 0.432 e. The number of hydrazine groups is 1. The molecule has 1 fully saturated rings. The first-order valence-corrected chi connectivity index (χ1v) is 6.91. The fourth-order valence-electron chi connectivity index (χ4n) is 2.93. The second-order valence-electron chi connectivity index (χ2n) is 5.23. The van der Waals surface area contributed by atoms with Crippen LogP contribution >= 0.6 is 0 Å². The predicted octanol–water partition coefficient (Wildman–Crippen LogP) is 1.10. The molecule has 2 unspecified atom stereocenters. The molecule has 7 nitrogen and oxygen atoms in total. The molecule has 2 atom stereocenters. The summed E-state index contributed by atoms with van der Waals surface area (Å²) >= 11 is 0. The van der Waals surface area contributed by atoms with Crippen LogP contribution in [0.5, 0.6) is 0 Å². The molecule has 1 aromatic heterocycles. The van der Waals surface area contributed by atoms with Crippen molar-refractivity contribution in [3.63, 3.8) is 0 Å². The van der Waals surface area contributed by atoms with Crippen molar-refractivity contribution in [2.24, 2.45) is 5.92 Å². The number of aromatic nitrogens is 1. The molecule has 4 rings (SSSR count). The minimum atomic E-state index is -1.54. The third-order valence-corrected chi connectivity index (χ3v) is 3.99. The van der Waals surface area contributed by atoms with E-state index in [0.29, 0.717) is 16.8 Å². The van der Waals surface area contributed by atoms with Gasteiger partial charge in [-0.05, 0) is 18.2 Å². The maximum absolute atomic E-state index is 12.6. The molecule has 2 aliphatic rings. The highest BCUT2D eigenvalue weighted by molar-refractivity contribution is 6.02. The monoisotopic (exact) mass is 306 g/mol. The lowest BCUT2D eigenvalue weighted by atomic mass is 9.91. The molecule has 1 saturated heterocycles. The number of anilines is 1. The molecule has 1 amide bonds. The summed E-state index contributed by atoms with van der Waals surface area (Å²) in [6.07, 6.45) is 2.91. The van der Waals surface area contributed by atoms with E-state index in [1.54, 1.807) is 24.3 Å². The van der Waals surface area contributed by atoms with Crippen molar-refractivity contribution in [2.75, 3.05) is 5.01 Å². The average molecular weight is 306 g/mol. The average Bonchev–Trinajstić information content (AvgIpc) is 3.03. The van der Waals surface area contributed by atoms with Crippen LogP contribution in [-0.4, -0.2) is 16.9 Å². The van der Waals surface area contributed by atoms with E-state index in [9.17, 15) is 14.9 Å². The van der Waals surface area contributed by atoms with Crippen LogP contribution in [0.1, 0.15) is 15.9 Å². The van der Waals surface area contributed by atoms with E-state index >= 15 is 0 Å². The van der Waals surface area contributed by atoms with Crippen LogP contribution in [0.2, 0.25) is 0 Å². The number of fused-ring (bicyclic) bond motifs is 2. The topological polar surface area (TPSA) is 95.3 Å². The molecule has 0 radical (unpaired) electrons. The number of ether oxygens (including phenoxy) is 1. The lowest BCUT2D eigenvalue weighted by molar-refractivity contribution is -0.122. The van der Waals surface area contributed by atoms with Gasteiger partial charge in [-0.2, -0.15) is 10.7 Å². The number of nitrogens with zero attached hydrogens (tertiary/aromatic N) is 3. The number of para-hydroxylation sites is 1. The van der Waals surface area contributed by atoms with Gasteiger partial charge in [0.15, 0.2) is 5.92 Å². The summed E-state index contributed by atoms with van der Waals surface area (Å²) in [6, 6.07) is 12.3. The van der Waals surface area contributed by atoms with Crippen LogP contribution in [0.3, 0.4) is 0 Å². The van der Waals surface area contributed by atoms with Crippen molar-refractivity contribution in [1.29, 1.82) is 5.26 Å². The number of esters is 1. The Morgan fingerprint density at radius 1 is 1.26 bits per heavy atom. The third kappa shape index (κ3) is 1.69. The first-order chi connectivity index (χ1) is 11.2. The number of nitriles is 1. The normalized spacial score (nSPS) is 25.3. The van der Waals surface area contributed by atoms with E-state index in [1.807, 2.05) is 12.1 Å². The molecule has 2 aromatic rings. The maximum Gasteiger partial charge on any atom is 0.340 e. The molecule has 0 aliphatic carbocycles. The molecule has 23 heavy (non-hydrogen) atoms. The van der Waals surface area contributed by atoms with Crippen LogP contribution in [0, 0.1) is 17.2 Å². The smallest absolute Gasteiger partial charge is 0.340 e. The van der Waals surface area contributed by atoms with E-state index < -0.39 is 23.5 Å². The summed E-state index contributed by atoms with van der Waals surface area (Å²) in [5.41, 5.74) is 2.61. The predicted molar refractivity (Wildman–Crippen MR) is 77.5 cm³/mol. The van der Waals surface area contributed by atoms with Gasteiger partial charge in [0.1, 0.15) is 0 Å². The van der Waals surface area contributed by atoms with Crippen molar-refractivity contribution in [1.82, 2.24) is 10.4 Å². The molecule has 1 spiro atoms. The van der Waals surface area contributed by atoms with Gasteiger partial charge in [0.25, 0.3) is 5.91 Å². The van der Waals surface area contributed by atoms with Crippen LogP contribution in [0.25, 0.3) is 0 Å². The van der Waals surface area contributed by atoms with Gasteiger partial charge in [-0.3, -0.25) is 9.78 Å². The zero-order valence-electron chi connectivity index (χ0n) is 11.8. The number of rotatable bonds is 1. The van der Waals surface area contributed by atoms with Gasteiger partial charge in [0.2, 0.25) is 5.72 Å². The van der Waals surface area contributed by atoms with Crippen LogP contribution in [-0.2, 0) is 15.3 Å². The number of hydrogen-bond donors (Lipinski definition) is 1. The van der Waals surface area contributed by atoms with Crippen molar-refractivity contribution in [3.05, 3.63) is 59.9 Å². The van der Waals surface area contributed by atoms with Crippen LogP contribution in [0.4, 0.5) is 5.69 Å². The third-order valence-electron chi connectivity index (χ3n) is 3.99. The number of amides is 1. The van der Waals surface area contributed by atoms with E-state index in [-0.39, 0.29) is 0 Å². The zero-order valence-corrected chi connectivity index (χ0v) is 11.8. The number of benzene rings is 1. The van der Waals surface area contributed by atoms with Gasteiger partial charge in [0, 0.05) is 18.0 Å². The van der Waals surface area contributed by atoms with Crippen molar-refractivity contribution in [2.45, 2.75) is 5.72 Å². The minimum absolute atomic E-state index is 0.301. The van der Waals surface area contributed by atoms with Gasteiger partial charge >= 0.3 is 5.97 Å². The highest BCUT2D eigenvalue weighted by atomic mass is 16.6. The molecule has 7 heteroatoms. The standard InChI is InChI=1S/C16H10N4O3/c17-8-12-14(21)20(10-4-2-1-3-5-10)19-16(12)13-9-18-7-6-11(13)15(22)23-16/h1-7,9,12,19H. The molecule has 1 aromatic carbocycles. The van der Waals surface area contributed by atoms with Gasteiger partial charge in [-0.1, -0.05) is 18.2 Å². The van der Waals surface area contributed by atoms with Gasteiger partial charge in [-0.15, -0.1) is 0 Å². The fraction of sp³-hybridized carbons (Fsp3) is 0.125. The number of carbonyl (C=O) groups excluding carboxylic acids is 2. The van der Waals surface area contributed by atoms with E-state index in [0.717, 1.165) is 0 Å². The minimum Gasteiger partial charge on any atom is -0.432 e. The van der Waals surface area contributed by atoms with Gasteiger partial charge < -0.3 is 4.74 Å². The Morgan fingerprint density at radius 2 is 2.04 bits per heavy atom. The molecule has 0 bridgehead atoms. The van der Waals surface area contributed by atoms with Gasteiger partial charge in [-0.25, -0.2) is 9.80 Å².